The van der Waals surface area contributed by atoms with E-state index in [0.29, 0.717) is 21.5 Å². The van der Waals surface area contributed by atoms with E-state index in [1.54, 1.807) is 37.4 Å². The van der Waals surface area contributed by atoms with Gasteiger partial charge in [-0.1, -0.05) is 12.1 Å². The fraction of sp³-hybridized carbons (Fsp3) is 0.158. The monoisotopic (exact) mass is 418 g/mol. The topological polar surface area (TPSA) is 58.6 Å². The van der Waals surface area contributed by atoms with E-state index in [2.05, 4.69) is 21.2 Å². The van der Waals surface area contributed by atoms with Gasteiger partial charge in [0.25, 0.3) is 0 Å². The molecule has 0 saturated heterocycles. The zero-order valence-electron chi connectivity index (χ0n) is 13.9. The third-order valence-corrected chi connectivity index (χ3v) is 4.71. The zero-order chi connectivity index (χ0) is 18.7. The molecular formula is C19H16BrFN2O3. The molecule has 0 spiro atoms. The predicted octanol–water partition coefficient (Wildman–Crippen LogP) is 4.66. The van der Waals surface area contributed by atoms with Crippen LogP contribution in [0.5, 0.6) is 5.75 Å². The van der Waals surface area contributed by atoms with Crippen molar-refractivity contribution in [2.24, 2.45) is 0 Å². The molecule has 0 fully saturated rings. The van der Waals surface area contributed by atoms with Crippen molar-refractivity contribution in [3.63, 3.8) is 0 Å². The molecule has 134 valence electrons. The Morgan fingerprint density at radius 3 is 2.65 bits per heavy atom. The molecule has 26 heavy (non-hydrogen) atoms. The van der Waals surface area contributed by atoms with Crippen LogP contribution in [-0.2, 0) is 4.79 Å². The van der Waals surface area contributed by atoms with Gasteiger partial charge < -0.3 is 10.1 Å². The number of carbonyl (C=O) groups excluding carboxylic acids is 2. The average Bonchev–Trinajstić information content (AvgIpc) is 2.63. The van der Waals surface area contributed by atoms with Crippen LogP contribution < -0.4 is 10.1 Å². The Bertz CT molecular complexity index is 868. The minimum atomic E-state index is -0.495. The van der Waals surface area contributed by atoms with Crippen molar-refractivity contribution in [2.75, 3.05) is 12.4 Å². The standard InChI is InChI=1S/C19H16BrFN2O3/c1-26-15-6-7-17(16(20)11-15)22-19(25)23-9-8-14(24)10-18(23)12-2-4-13(21)5-3-12/h2-9,11,18H,10H2,1H3,(H,22,25)/t18-/m0/s1. The number of carbonyl (C=O) groups is 2. The Morgan fingerprint density at radius 2 is 2.00 bits per heavy atom. The molecule has 1 heterocycles. The molecule has 2 aromatic carbocycles. The van der Waals surface area contributed by atoms with Gasteiger partial charge in [-0.15, -0.1) is 0 Å². The Hall–Kier alpha value is -2.67. The second kappa shape index (κ2) is 7.70. The number of ether oxygens (including phenoxy) is 1. The van der Waals surface area contributed by atoms with Crippen molar-refractivity contribution < 1.29 is 18.7 Å². The van der Waals surface area contributed by atoms with Crippen LogP contribution in [0.1, 0.15) is 18.0 Å². The lowest BCUT2D eigenvalue weighted by Gasteiger charge is -2.31. The minimum absolute atomic E-state index is 0.0889. The Kier molecular flexibility index (Phi) is 5.37. The first-order valence-electron chi connectivity index (χ1n) is 7.87. The van der Waals surface area contributed by atoms with E-state index in [0.717, 1.165) is 0 Å². The summed E-state index contributed by atoms with van der Waals surface area (Å²) in [4.78, 5) is 26.0. The van der Waals surface area contributed by atoms with Gasteiger partial charge in [0.2, 0.25) is 0 Å². The highest BCUT2D eigenvalue weighted by molar-refractivity contribution is 9.10. The van der Waals surface area contributed by atoms with Crippen molar-refractivity contribution in [3.05, 3.63) is 70.6 Å². The number of hydrogen-bond acceptors (Lipinski definition) is 3. The molecule has 1 N–H and O–H groups in total. The first kappa shape index (κ1) is 18.1. The molecule has 3 rings (SSSR count). The Labute approximate surface area is 158 Å². The molecule has 7 heteroatoms. The first-order valence-corrected chi connectivity index (χ1v) is 8.66. The number of allylic oxidation sites excluding steroid dienone is 1. The van der Waals surface area contributed by atoms with Crippen LogP contribution in [0.2, 0.25) is 0 Å². The number of hydrogen-bond donors (Lipinski definition) is 1. The third-order valence-electron chi connectivity index (χ3n) is 4.06. The van der Waals surface area contributed by atoms with Gasteiger partial charge in [0.15, 0.2) is 5.78 Å². The molecular weight excluding hydrogens is 403 g/mol. The van der Waals surface area contributed by atoms with E-state index < -0.39 is 12.1 Å². The molecule has 0 bridgehead atoms. The molecule has 0 saturated carbocycles. The number of rotatable bonds is 3. The Morgan fingerprint density at radius 1 is 1.27 bits per heavy atom. The molecule has 2 amide bonds. The zero-order valence-corrected chi connectivity index (χ0v) is 15.5. The van der Waals surface area contributed by atoms with Crippen LogP contribution in [0.15, 0.2) is 59.2 Å². The molecule has 5 nitrogen and oxygen atoms in total. The number of anilines is 1. The summed E-state index contributed by atoms with van der Waals surface area (Å²) < 4.78 is 19.0. The van der Waals surface area contributed by atoms with E-state index >= 15 is 0 Å². The summed E-state index contributed by atoms with van der Waals surface area (Å²) >= 11 is 3.39. The summed E-state index contributed by atoms with van der Waals surface area (Å²) in [6.45, 7) is 0. The highest BCUT2D eigenvalue weighted by atomic mass is 79.9. The largest absolute Gasteiger partial charge is 0.497 e. The van der Waals surface area contributed by atoms with Crippen LogP contribution in [0, 0.1) is 5.82 Å². The minimum Gasteiger partial charge on any atom is -0.497 e. The quantitative estimate of drug-likeness (QED) is 0.788. The first-order chi connectivity index (χ1) is 12.5. The van der Waals surface area contributed by atoms with Crippen molar-refractivity contribution in [1.29, 1.82) is 0 Å². The summed E-state index contributed by atoms with van der Waals surface area (Å²) in [6, 6.07) is 10.1. The van der Waals surface area contributed by atoms with Gasteiger partial charge in [0.05, 0.1) is 18.8 Å². The van der Waals surface area contributed by atoms with Gasteiger partial charge in [-0.05, 0) is 57.9 Å². The number of nitrogens with one attached hydrogen (secondary N) is 1. The van der Waals surface area contributed by atoms with Crippen LogP contribution in [0.25, 0.3) is 0 Å². The maximum absolute atomic E-state index is 13.2. The molecule has 1 aliphatic rings. The number of methoxy groups -OCH3 is 1. The van der Waals surface area contributed by atoms with Crippen LogP contribution in [0.3, 0.4) is 0 Å². The van der Waals surface area contributed by atoms with Crippen molar-refractivity contribution in [2.45, 2.75) is 12.5 Å². The SMILES string of the molecule is COc1ccc(NC(=O)N2C=CC(=O)C[C@H]2c2ccc(F)cc2)c(Br)c1. The van der Waals surface area contributed by atoms with Gasteiger partial charge >= 0.3 is 6.03 Å². The van der Waals surface area contributed by atoms with E-state index in [4.69, 9.17) is 4.74 Å². The second-order valence-corrected chi connectivity index (χ2v) is 6.59. The number of ketones is 1. The number of benzene rings is 2. The molecule has 0 unspecified atom stereocenters. The third kappa shape index (κ3) is 3.94. The number of urea groups is 1. The average molecular weight is 419 g/mol. The van der Waals surface area contributed by atoms with Gasteiger partial charge in [0, 0.05) is 17.1 Å². The summed E-state index contributed by atoms with van der Waals surface area (Å²) in [5.41, 5.74) is 1.26. The van der Waals surface area contributed by atoms with Crippen LogP contribution >= 0.6 is 15.9 Å². The van der Waals surface area contributed by atoms with Gasteiger partial charge in [-0.25, -0.2) is 9.18 Å². The summed E-state index contributed by atoms with van der Waals surface area (Å²) in [5, 5.41) is 2.81. The summed E-state index contributed by atoms with van der Waals surface area (Å²) in [7, 11) is 1.56. The lowest BCUT2D eigenvalue weighted by atomic mass is 9.97. The van der Waals surface area contributed by atoms with E-state index in [-0.39, 0.29) is 18.0 Å². The highest BCUT2D eigenvalue weighted by Gasteiger charge is 2.29. The summed E-state index contributed by atoms with van der Waals surface area (Å²) in [6.07, 6.45) is 2.95. The highest BCUT2D eigenvalue weighted by Crippen LogP contribution is 2.31. The molecule has 1 aliphatic heterocycles. The number of amides is 2. The smallest absolute Gasteiger partial charge is 0.326 e. The maximum Gasteiger partial charge on any atom is 0.326 e. The van der Waals surface area contributed by atoms with Crippen LogP contribution in [0.4, 0.5) is 14.9 Å². The van der Waals surface area contributed by atoms with Crippen molar-refractivity contribution >= 4 is 33.4 Å². The summed E-state index contributed by atoms with van der Waals surface area (Å²) in [5.74, 6) is 0.195. The fourth-order valence-corrected chi connectivity index (χ4v) is 3.16. The van der Waals surface area contributed by atoms with E-state index in [1.807, 2.05) is 0 Å². The fourth-order valence-electron chi connectivity index (χ4n) is 2.70. The van der Waals surface area contributed by atoms with Gasteiger partial charge in [-0.3, -0.25) is 9.69 Å². The lowest BCUT2D eigenvalue weighted by Crippen LogP contribution is -2.37. The van der Waals surface area contributed by atoms with E-state index in [1.165, 1.54) is 29.3 Å². The lowest BCUT2D eigenvalue weighted by molar-refractivity contribution is -0.116. The molecule has 0 aliphatic carbocycles. The van der Waals surface area contributed by atoms with Crippen LogP contribution in [-0.4, -0.2) is 23.8 Å². The predicted molar refractivity (Wildman–Crippen MR) is 99.5 cm³/mol. The normalized spacial score (nSPS) is 16.5. The molecule has 2 aromatic rings. The van der Waals surface area contributed by atoms with E-state index in [9.17, 15) is 14.0 Å². The number of nitrogens with zero attached hydrogens (tertiary/aromatic N) is 1. The van der Waals surface area contributed by atoms with Gasteiger partial charge in [0.1, 0.15) is 11.6 Å². The van der Waals surface area contributed by atoms with Gasteiger partial charge in [-0.2, -0.15) is 0 Å². The second-order valence-electron chi connectivity index (χ2n) is 5.74. The Balaban J connectivity index is 1.84. The molecule has 1 atom stereocenters. The maximum atomic E-state index is 13.2. The van der Waals surface area contributed by atoms with Crippen molar-refractivity contribution in [3.8, 4) is 5.75 Å². The van der Waals surface area contributed by atoms with Crippen molar-refractivity contribution in [1.82, 2.24) is 4.90 Å². The number of halogens is 2. The molecule has 0 aromatic heterocycles. The molecule has 0 radical (unpaired) electrons.